The summed E-state index contributed by atoms with van der Waals surface area (Å²) in [6.07, 6.45) is -4.69. The lowest BCUT2D eigenvalue weighted by molar-refractivity contribution is -0.277. The van der Waals surface area contributed by atoms with E-state index in [0.717, 1.165) is 6.08 Å². The Balaban J connectivity index is 2.19. The third-order valence-electron chi connectivity index (χ3n) is 3.70. The molecular weight excluding hydrogens is 336 g/mol. The fourth-order valence-corrected chi connectivity index (χ4v) is 2.34. The predicted molar refractivity (Wildman–Crippen MR) is 84.1 cm³/mol. The first kappa shape index (κ1) is 19.2. The van der Waals surface area contributed by atoms with E-state index in [9.17, 15) is 25.2 Å². The average Bonchev–Trinajstić information content (AvgIpc) is 2.60. The van der Waals surface area contributed by atoms with Crippen LogP contribution in [0.5, 0.6) is 11.5 Å². The third kappa shape index (κ3) is 4.47. The Morgan fingerprint density at radius 1 is 1.20 bits per heavy atom. The lowest BCUT2D eigenvalue weighted by atomic mass is 9.99. The van der Waals surface area contributed by atoms with E-state index in [1.807, 2.05) is 0 Å². The highest BCUT2D eigenvalue weighted by Crippen LogP contribution is 2.32. The summed E-state index contributed by atoms with van der Waals surface area (Å²) >= 11 is 0. The fraction of sp³-hybridized carbons (Fsp3) is 0.438. The topological polar surface area (TPSA) is 146 Å². The Morgan fingerprint density at radius 2 is 1.92 bits per heavy atom. The molecule has 0 unspecified atom stereocenters. The van der Waals surface area contributed by atoms with Crippen molar-refractivity contribution in [2.75, 3.05) is 13.7 Å². The van der Waals surface area contributed by atoms with Gasteiger partial charge in [0, 0.05) is 6.08 Å². The number of aliphatic hydroxyl groups is 4. The van der Waals surface area contributed by atoms with Crippen molar-refractivity contribution >= 4 is 12.0 Å². The first-order chi connectivity index (χ1) is 11.9. The van der Waals surface area contributed by atoms with Crippen LogP contribution in [-0.4, -0.2) is 75.9 Å². The van der Waals surface area contributed by atoms with Gasteiger partial charge in [-0.2, -0.15) is 0 Å². The largest absolute Gasteiger partial charge is 0.493 e. The predicted octanol–water partition coefficient (Wildman–Crippen LogP) is -1.03. The molecule has 138 valence electrons. The number of aliphatic hydroxyl groups excluding tert-OH is 4. The van der Waals surface area contributed by atoms with Gasteiger partial charge in [0.25, 0.3) is 0 Å². The van der Waals surface area contributed by atoms with Gasteiger partial charge in [-0.15, -0.1) is 0 Å². The average molecular weight is 356 g/mol. The van der Waals surface area contributed by atoms with Gasteiger partial charge < -0.3 is 39.7 Å². The smallest absolute Gasteiger partial charge is 0.328 e. The van der Waals surface area contributed by atoms with Gasteiger partial charge in [0.1, 0.15) is 24.4 Å². The third-order valence-corrected chi connectivity index (χ3v) is 3.70. The molecule has 1 saturated heterocycles. The van der Waals surface area contributed by atoms with E-state index in [-0.39, 0.29) is 11.5 Å². The highest BCUT2D eigenvalue weighted by Gasteiger charge is 2.44. The maximum atomic E-state index is 10.6. The molecule has 0 bridgehead atoms. The summed E-state index contributed by atoms with van der Waals surface area (Å²) in [4.78, 5) is 10.6. The molecule has 5 N–H and O–H groups in total. The van der Waals surface area contributed by atoms with Crippen LogP contribution >= 0.6 is 0 Å². The molecule has 9 heteroatoms. The molecule has 25 heavy (non-hydrogen) atoms. The molecule has 9 nitrogen and oxygen atoms in total. The number of rotatable bonds is 6. The number of carboxylic acids is 1. The molecule has 1 aliphatic rings. The van der Waals surface area contributed by atoms with Crippen molar-refractivity contribution in [3.05, 3.63) is 29.8 Å². The summed E-state index contributed by atoms with van der Waals surface area (Å²) in [5.41, 5.74) is 0.542. The lowest BCUT2D eigenvalue weighted by Gasteiger charge is -2.39. The van der Waals surface area contributed by atoms with Crippen LogP contribution in [0.3, 0.4) is 0 Å². The summed E-state index contributed by atoms with van der Waals surface area (Å²) in [7, 11) is 1.38. The lowest BCUT2D eigenvalue weighted by Crippen LogP contribution is -2.60. The van der Waals surface area contributed by atoms with Gasteiger partial charge >= 0.3 is 5.97 Å². The minimum atomic E-state index is -1.56. The molecule has 2 rings (SSSR count). The number of methoxy groups -OCH3 is 1. The van der Waals surface area contributed by atoms with Gasteiger partial charge in [-0.1, -0.05) is 6.07 Å². The van der Waals surface area contributed by atoms with E-state index in [1.165, 1.54) is 25.3 Å². The molecule has 1 aromatic carbocycles. The standard InChI is InChI=1S/C16H20O9/c1-23-10-6-8(3-5-12(18)19)2-4-9(10)24-16-15(22)14(21)13(20)11(7-17)25-16/h2-6,11,13-17,20-22H,7H2,1H3,(H,18,19)/t11-,13-,14-,15-,16-/m1/s1. The number of benzene rings is 1. The van der Waals surface area contributed by atoms with Crippen molar-refractivity contribution < 1.29 is 44.5 Å². The zero-order valence-electron chi connectivity index (χ0n) is 13.3. The quantitative estimate of drug-likeness (QED) is 0.404. The highest BCUT2D eigenvalue weighted by atomic mass is 16.7. The van der Waals surface area contributed by atoms with Gasteiger partial charge in [0.15, 0.2) is 11.5 Å². The summed E-state index contributed by atoms with van der Waals surface area (Å²) in [5, 5.41) is 47.3. The number of hydrogen-bond acceptors (Lipinski definition) is 8. The van der Waals surface area contributed by atoms with Crippen molar-refractivity contribution in [3.63, 3.8) is 0 Å². The Morgan fingerprint density at radius 3 is 2.52 bits per heavy atom. The Labute approximate surface area is 143 Å². The Kier molecular flexibility index (Phi) is 6.34. The van der Waals surface area contributed by atoms with Crippen molar-refractivity contribution in [1.82, 2.24) is 0 Å². The number of hydrogen-bond donors (Lipinski definition) is 5. The summed E-state index contributed by atoms with van der Waals surface area (Å²) in [6.45, 7) is -0.569. The molecule has 0 aromatic heterocycles. The fourth-order valence-electron chi connectivity index (χ4n) is 2.34. The summed E-state index contributed by atoms with van der Waals surface area (Å²) < 4.78 is 15.9. The molecule has 0 radical (unpaired) electrons. The number of ether oxygens (including phenoxy) is 3. The Hall–Kier alpha value is -2.17. The van der Waals surface area contributed by atoms with Gasteiger partial charge in [-0.3, -0.25) is 0 Å². The molecular formula is C16H20O9. The Bertz CT molecular complexity index is 628. The van der Waals surface area contributed by atoms with Gasteiger partial charge in [0.2, 0.25) is 6.29 Å². The molecule has 1 heterocycles. The molecule has 5 atom stereocenters. The first-order valence-corrected chi connectivity index (χ1v) is 7.43. The van der Waals surface area contributed by atoms with Crippen molar-refractivity contribution in [2.24, 2.45) is 0 Å². The monoisotopic (exact) mass is 356 g/mol. The molecule has 1 fully saturated rings. The minimum Gasteiger partial charge on any atom is -0.493 e. The number of carbonyl (C=O) groups is 1. The van der Waals surface area contributed by atoms with Gasteiger partial charge in [0.05, 0.1) is 13.7 Å². The summed E-state index contributed by atoms with van der Waals surface area (Å²) in [5.74, 6) is -0.690. The van der Waals surface area contributed by atoms with Crippen LogP contribution in [0.2, 0.25) is 0 Å². The van der Waals surface area contributed by atoms with E-state index in [4.69, 9.17) is 19.3 Å². The van der Waals surface area contributed by atoms with Gasteiger partial charge in [-0.05, 0) is 23.8 Å². The van der Waals surface area contributed by atoms with Crippen LogP contribution in [-0.2, 0) is 9.53 Å². The second kappa shape index (κ2) is 8.28. The van der Waals surface area contributed by atoms with E-state index in [2.05, 4.69) is 0 Å². The zero-order valence-corrected chi connectivity index (χ0v) is 13.3. The van der Waals surface area contributed by atoms with Crippen molar-refractivity contribution in [3.8, 4) is 11.5 Å². The van der Waals surface area contributed by atoms with Crippen molar-refractivity contribution in [1.29, 1.82) is 0 Å². The van der Waals surface area contributed by atoms with E-state index in [0.29, 0.717) is 5.56 Å². The van der Waals surface area contributed by atoms with Gasteiger partial charge in [-0.25, -0.2) is 4.79 Å². The molecule has 0 amide bonds. The normalized spacial score (nSPS) is 29.6. The molecule has 1 aliphatic heterocycles. The molecule has 0 saturated carbocycles. The molecule has 0 spiro atoms. The van der Waals surface area contributed by atoms with Crippen LogP contribution in [0.25, 0.3) is 6.08 Å². The summed E-state index contributed by atoms with van der Waals surface area (Å²) in [6, 6.07) is 4.54. The van der Waals surface area contributed by atoms with Crippen LogP contribution in [0.15, 0.2) is 24.3 Å². The van der Waals surface area contributed by atoms with Crippen LogP contribution in [0.1, 0.15) is 5.56 Å². The number of carboxylic acid groups (broad SMARTS) is 1. The molecule has 0 aliphatic carbocycles. The van der Waals surface area contributed by atoms with E-state index in [1.54, 1.807) is 6.07 Å². The second-order valence-electron chi connectivity index (χ2n) is 5.40. The van der Waals surface area contributed by atoms with E-state index < -0.39 is 43.3 Å². The highest BCUT2D eigenvalue weighted by molar-refractivity contribution is 5.85. The second-order valence-corrected chi connectivity index (χ2v) is 5.40. The molecule has 1 aromatic rings. The minimum absolute atomic E-state index is 0.166. The SMILES string of the molecule is COc1cc(C=CC(=O)O)ccc1O[C@@H]1O[C@H](CO)[C@@H](O)[C@@H](O)[C@H]1O. The van der Waals surface area contributed by atoms with Crippen LogP contribution in [0.4, 0.5) is 0 Å². The maximum absolute atomic E-state index is 10.6. The van der Waals surface area contributed by atoms with Crippen LogP contribution < -0.4 is 9.47 Å². The van der Waals surface area contributed by atoms with E-state index >= 15 is 0 Å². The maximum Gasteiger partial charge on any atom is 0.328 e. The van der Waals surface area contributed by atoms with Crippen LogP contribution in [0, 0.1) is 0 Å². The number of aliphatic carboxylic acids is 1. The first-order valence-electron chi connectivity index (χ1n) is 7.43. The zero-order chi connectivity index (χ0) is 18.6. The van der Waals surface area contributed by atoms with Crippen molar-refractivity contribution in [2.45, 2.75) is 30.7 Å².